The van der Waals surface area contributed by atoms with Crippen LogP contribution in [0.25, 0.3) is 6.08 Å². The highest BCUT2D eigenvalue weighted by Crippen LogP contribution is 2.09. The average Bonchev–Trinajstić information content (AvgIpc) is 3.22. The van der Waals surface area contributed by atoms with E-state index in [0.717, 1.165) is 12.1 Å². The van der Waals surface area contributed by atoms with Crippen molar-refractivity contribution in [3.05, 3.63) is 71.7 Å². The number of carbonyl (C=O) groups excluding carboxylic acids is 1. The quantitative estimate of drug-likeness (QED) is 0.704. The van der Waals surface area contributed by atoms with Gasteiger partial charge >= 0.3 is 0 Å². The van der Waals surface area contributed by atoms with Crippen molar-refractivity contribution in [3.63, 3.8) is 0 Å². The van der Waals surface area contributed by atoms with Gasteiger partial charge in [0.05, 0.1) is 12.7 Å². The minimum atomic E-state index is -0.218. The lowest BCUT2D eigenvalue weighted by Gasteiger charge is -2.03. The molecule has 0 aliphatic carbocycles. The summed E-state index contributed by atoms with van der Waals surface area (Å²) in [6.07, 6.45) is 8.69. The van der Waals surface area contributed by atoms with E-state index in [-0.39, 0.29) is 5.91 Å². The van der Waals surface area contributed by atoms with Gasteiger partial charge in [0, 0.05) is 36.6 Å². The summed E-state index contributed by atoms with van der Waals surface area (Å²) in [5.41, 5.74) is 3.28. The molecule has 0 saturated carbocycles. The third kappa shape index (κ3) is 4.67. The Morgan fingerprint density at radius 1 is 1.28 bits per heavy atom. The van der Waals surface area contributed by atoms with Crippen LogP contribution in [0.15, 0.2) is 55.0 Å². The van der Waals surface area contributed by atoms with Crippen molar-refractivity contribution in [1.29, 1.82) is 0 Å². The number of aryl methyl sites for hydroxylation is 2. The largest absolute Gasteiger partial charge is 0.306 e. The molecule has 1 amide bonds. The Morgan fingerprint density at radius 2 is 2.16 bits per heavy atom. The van der Waals surface area contributed by atoms with Crippen LogP contribution in [0, 0.1) is 6.92 Å². The summed E-state index contributed by atoms with van der Waals surface area (Å²) in [6.45, 7) is 5.55. The summed E-state index contributed by atoms with van der Waals surface area (Å²) >= 11 is 0. The number of benzene rings is 1. The van der Waals surface area contributed by atoms with Crippen molar-refractivity contribution in [2.24, 2.45) is 0 Å². The molecule has 2 aromatic heterocycles. The van der Waals surface area contributed by atoms with Gasteiger partial charge in [0.25, 0.3) is 0 Å². The number of carbonyl (C=O) groups is 1. The molecule has 0 aliphatic rings. The van der Waals surface area contributed by atoms with Gasteiger partial charge in [-0.2, -0.15) is 10.2 Å². The van der Waals surface area contributed by atoms with E-state index in [0.29, 0.717) is 12.4 Å². The fourth-order valence-corrected chi connectivity index (χ4v) is 2.49. The summed E-state index contributed by atoms with van der Waals surface area (Å²) < 4.78 is 3.62. The highest BCUT2D eigenvalue weighted by molar-refractivity contribution is 6.01. The molecule has 1 aromatic carbocycles. The summed E-state index contributed by atoms with van der Waals surface area (Å²) in [5.74, 6) is 0.316. The van der Waals surface area contributed by atoms with Crippen molar-refractivity contribution >= 4 is 17.8 Å². The third-order valence-corrected chi connectivity index (χ3v) is 3.72. The molecule has 0 unspecified atom stereocenters. The number of anilines is 1. The van der Waals surface area contributed by atoms with Gasteiger partial charge in [-0.1, -0.05) is 29.8 Å². The first-order valence-corrected chi connectivity index (χ1v) is 8.23. The van der Waals surface area contributed by atoms with Crippen molar-refractivity contribution in [2.75, 3.05) is 5.32 Å². The second-order valence-corrected chi connectivity index (χ2v) is 5.84. The maximum absolute atomic E-state index is 12.0. The maximum Gasteiger partial charge on any atom is 0.249 e. The molecule has 0 aliphatic heterocycles. The topological polar surface area (TPSA) is 64.7 Å². The van der Waals surface area contributed by atoms with Crippen molar-refractivity contribution in [1.82, 2.24) is 19.6 Å². The van der Waals surface area contributed by atoms with Crippen LogP contribution < -0.4 is 5.32 Å². The fourth-order valence-electron chi connectivity index (χ4n) is 2.49. The number of amides is 1. The minimum absolute atomic E-state index is 0.218. The smallest absolute Gasteiger partial charge is 0.249 e. The second-order valence-electron chi connectivity index (χ2n) is 5.84. The number of aromatic nitrogens is 4. The SMILES string of the molecule is CCn1cc(/C=C/C(=O)Nc2ccn(Cc3cccc(C)c3)n2)cn1. The molecule has 3 rings (SSSR count). The molecule has 25 heavy (non-hydrogen) atoms. The highest BCUT2D eigenvalue weighted by atomic mass is 16.1. The molecule has 6 nitrogen and oxygen atoms in total. The summed E-state index contributed by atoms with van der Waals surface area (Å²) in [6, 6.07) is 10.1. The molecule has 6 heteroatoms. The van der Waals surface area contributed by atoms with E-state index in [1.807, 2.05) is 30.1 Å². The molecule has 0 bridgehead atoms. The van der Waals surface area contributed by atoms with E-state index in [1.165, 1.54) is 17.2 Å². The van der Waals surface area contributed by atoms with E-state index in [4.69, 9.17) is 0 Å². The molecular formula is C19H21N5O. The molecule has 0 radical (unpaired) electrons. The number of hydrogen-bond acceptors (Lipinski definition) is 3. The Morgan fingerprint density at radius 3 is 2.92 bits per heavy atom. The fraction of sp³-hybridized carbons (Fsp3) is 0.211. The Labute approximate surface area is 146 Å². The molecule has 0 atom stereocenters. The molecule has 0 fully saturated rings. The Balaban J connectivity index is 1.58. The van der Waals surface area contributed by atoms with Gasteiger partial charge in [-0.15, -0.1) is 0 Å². The van der Waals surface area contributed by atoms with E-state index in [9.17, 15) is 4.79 Å². The zero-order valence-corrected chi connectivity index (χ0v) is 14.4. The molecular weight excluding hydrogens is 314 g/mol. The monoisotopic (exact) mass is 335 g/mol. The predicted molar refractivity (Wildman–Crippen MR) is 98.1 cm³/mol. The van der Waals surface area contributed by atoms with Crippen LogP contribution in [0.5, 0.6) is 0 Å². The second kappa shape index (κ2) is 7.61. The van der Waals surface area contributed by atoms with Gasteiger partial charge in [0.2, 0.25) is 5.91 Å². The van der Waals surface area contributed by atoms with Crippen LogP contribution in [0.2, 0.25) is 0 Å². The van der Waals surface area contributed by atoms with Gasteiger partial charge < -0.3 is 5.32 Å². The van der Waals surface area contributed by atoms with Gasteiger partial charge in [-0.05, 0) is 25.5 Å². The van der Waals surface area contributed by atoms with E-state index >= 15 is 0 Å². The number of rotatable bonds is 6. The first kappa shape index (κ1) is 16.7. The van der Waals surface area contributed by atoms with Crippen LogP contribution >= 0.6 is 0 Å². The van der Waals surface area contributed by atoms with E-state index < -0.39 is 0 Å². The highest BCUT2D eigenvalue weighted by Gasteiger charge is 2.03. The van der Waals surface area contributed by atoms with E-state index in [2.05, 4.69) is 40.6 Å². The van der Waals surface area contributed by atoms with Gasteiger partial charge in [0.1, 0.15) is 0 Å². The molecule has 128 valence electrons. The van der Waals surface area contributed by atoms with Gasteiger partial charge in [-0.25, -0.2) is 0 Å². The summed E-state index contributed by atoms with van der Waals surface area (Å²) in [5, 5.41) is 11.3. The molecule has 3 aromatic rings. The minimum Gasteiger partial charge on any atom is -0.306 e. The van der Waals surface area contributed by atoms with Gasteiger partial charge in [0.15, 0.2) is 5.82 Å². The summed E-state index contributed by atoms with van der Waals surface area (Å²) in [4.78, 5) is 12.0. The lowest BCUT2D eigenvalue weighted by atomic mass is 10.1. The van der Waals surface area contributed by atoms with Crippen LogP contribution in [0.1, 0.15) is 23.6 Å². The van der Waals surface area contributed by atoms with Crippen molar-refractivity contribution in [3.8, 4) is 0 Å². The zero-order valence-electron chi connectivity index (χ0n) is 14.4. The van der Waals surface area contributed by atoms with E-state index in [1.54, 1.807) is 23.0 Å². The van der Waals surface area contributed by atoms with Crippen LogP contribution in [-0.2, 0) is 17.9 Å². The molecule has 1 N–H and O–H groups in total. The normalized spacial score (nSPS) is 11.1. The van der Waals surface area contributed by atoms with Crippen LogP contribution in [-0.4, -0.2) is 25.5 Å². The molecule has 2 heterocycles. The lowest BCUT2D eigenvalue weighted by molar-refractivity contribution is -0.111. The Bertz CT molecular complexity index is 891. The van der Waals surface area contributed by atoms with Crippen LogP contribution in [0.4, 0.5) is 5.82 Å². The zero-order chi connectivity index (χ0) is 17.6. The average molecular weight is 335 g/mol. The first-order chi connectivity index (χ1) is 12.1. The van der Waals surface area contributed by atoms with Crippen molar-refractivity contribution in [2.45, 2.75) is 26.9 Å². The number of nitrogens with zero attached hydrogens (tertiary/aromatic N) is 4. The number of nitrogens with one attached hydrogen (secondary N) is 1. The third-order valence-electron chi connectivity index (χ3n) is 3.72. The first-order valence-electron chi connectivity index (χ1n) is 8.23. The predicted octanol–water partition coefficient (Wildman–Crippen LogP) is 3.11. The molecule has 0 saturated heterocycles. The number of hydrogen-bond donors (Lipinski definition) is 1. The Kier molecular flexibility index (Phi) is 5.09. The van der Waals surface area contributed by atoms with Crippen LogP contribution in [0.3, 0.4) is 0 Å². The maximum atomic E-state index is 12.0. The summed E-state index contributed by atoms with van der Waals surface area (Å²) in [7, 11) is 0. The standard InChI is InChI=1S/C19H21N5O/c1-3-23-14-17(12-20-23)7-8-19(25)21-18-9-10-24(22-18)13-16-6-4-5-15(2)11-16/h4-12,14H,3,13H2,1-2H3,(H,21,22,25)/b8-7+. The Hall–Kier alpha value is -3.15. The molecule has 0 spiro atoms. The van der Waals surface area contributed by atoms with Crippen molar-refractivity contribution < 1.29 is 4.79 Å². The lowest BCUT2D eigenvalue weighted by Crippen LogP contribution is -2.09. The van der Waals surface area contributed by atoms with Gasteiger partial charge in [-0.3, -0.25) is 14.2 Å².